The SMILES string of the molecule is COc1cccc(-c2c(-c3ccsc3)nn(C)c2N)c1. The second kappa shape index (κ2) is 5.02. The lowest BCUT2D eigenvalue weighted by Crippen LogP contribution is -1.98. The number of benzene rings is 1. The molecular weight excluding hydrogens is 270 g/mol. The maximum absolute atomic E-state index is 6.20. The zero-order valence-corrected chi connectivity index (χ0v) is 12.1. The molecule has 2 N–H and O–H groups in total. The second-order valence-corrected chi connectivity index (χ2v) is 5.26. The summed E-state index contributed by atoms with van der Waals surface area (Å²) in [7, 11) is 3.51. The first kappa shape index (κ1) is 12.7. The van der Waals surface area contributed by atoms with Crippen molar-refractivity contribution in [1.29, 1.82) is 0 Å². The van der Waals surface area contributed by atoms with E-state index in [9.17, 15) is 0 Å². The molecule has 0 unspecified atom stereocenters. The lowest BCUT2D eigenvalue weighted by atomic mass is 10.0. The van der Waals surface area contributed by atoms with E-state index in [1.54, 1.807) is 23.1 Å². The van der Waals surface area contributed by atoms with Crippen LogP contribution in [0.15, 0.2) is 41.1 Å². The zero-order chi connectivity index (χ0) is 14.1. The number of hydrogen-bond donors (Lipinski definition) is 1. The van der Waals surface area contributed by atoms with Crippen LogP contribution in [0, 0.1) is 0 Å². The molecule has 0 fully saturated rings. The van der Waals surface area contributed by atoms with E-state index in [1.807, 2.05) is 36.7 Å². The third-order valence-corrected chi connectivity index (χ3v) is 3.93. The van der Waals surface area contributed by atoms with E-state index in [1.165, 1.54) is 0 Å². The molecule has 0 bridgehead atoms. The van der Waals surface area contributed by atoms with Gasteiger partial charge in [-0.1, -0.05) is 12.1 Å². The van der Waals surface area contributed by atoms with Gasteiger partial charge in [0, 0.05) is 18.0 Å². The lowest BCUT2D eigenvalue weighted by Gasteiger charge is -2.06. The molecule has 0 atom stereocenters. The van der Waals surface area contributed by atoms with Gasteiger partial charge in [0.15, 0.2) is 0 Å². The number of nitrogens with zero attached hydrogens (tertiary/aromatic N) is 2. The summed E-state index contributed by atoms with van der Waals surface area (Å²) in [6.45, 7) is 0. The van der Waals surface area contributed by atoms with Gasteiger partial charge in [-0.05, 0) is 29.1 Å². The van der Waals surface area contributed by atoms with Crippen molar-refractivity contribution in [3.05, 3.63) is 41.1 Å². The van der Waals surface area contributed by atoms with Gasteiger partial charge >= 0.3 is 0 Å². The number of ether oxygens (including phenoxy) is 1. The Hall–Kier alpha value is -2.27. The minimum atomic E-state index is 0.652. The minimum absolute atomic E-state index is 0.652. The van der Waals surface area contributed by atoms with Gasteiger partial charge in [0.2, 0.25) is 0 Å². The Labute approximate surface area is 121 Å². The van der Waals surface area contributed by atoms with Crippen molar-refractivity contribution in [3.63, 3.8) is 0 Å². The summed E-state index contributed by atoms with van der Waals surface area (Å²) < 4.78 is 7.00. The normalized spacial score (nSPS) is 10.7. The highest BCUT2D eigenvalue weighted by molar-refractivity contribution is 7.08. The first-order valence-electron chi connectivity index (χ1n) is 6.20. The summed E-state index contributed by atoms with van der Waals surface area (Å²) in [4.78, 5) is 0. The number of rotatable bonds is 3. The summed E-state index contributed by atoms with van der Waals surface area (Å²) >= 11 is 1.65. The van der Waals surface area contributed by atoms with Gasteiger partial charge < -0.3 is 10.5 Å². The fourth-order valence-corrected chi connectivity index (χ4v) is 2.84. The quantitative estimate of drug-likeness (QED) is 0.802. The van der Waals surface area contributed by atoms with Crippen LogP contribution in [0.4, 0.5) is 5.82 Å². The number of nitrogens with two attached hydrogens (primary N) is 1. The Morgan fingerprint density at radius 3 is 2.80 bits per heavy atom. The monoisotopic (exact) mass is 285 g/mol. The molecule has 2 aromatic heterocycles. The summed E-state index contributed by atoms with van der Waals surface area (Å²) in [5.41, 5.74) is 10.1. The Morgan fingerprint density at radius 1 is 1.25 bits per heavy atom. The maximum Gasteiger partial charge on any atom is 0.129 e. The Morgan fingerprint density at radius 2 is 2.10 bits per heavy atom. The number of nitrogen functional groups attached to an aromatic ring is 1. The molecule has 0 aliphatic rings. The molecule has 0 aliphatic heterocycles. The van der Waals surface area contributed by atoms with Crippen LogP contribution >= 0.6 is 11.3 Å². The van der Waals surface area contributed by atoms with Crippen LogP contribution in [0.2, 0.25) is 0 Å². The molecule has 5 heteroatoms. The van der Waals surface area contributed by atoms with E-state index >= 15 is 0 Å². The standard InChI is InChI=1S/C15H15N3OS/c1-18-15(16)13(10-4-3-5-12(8-10)19-2)14(17-18)11-6-7-20-9-11/h3-9H,16H2,1-2H3. The van der Waals surface area contributed by atoms with E-state index in [2.05, 4.69) is 16.5 Å². The molecule has 20 heavy (non-hydrogen) atoms. The minimum Gasteiger partial charge on any atom is -0.497 e. The molecule has 0 aliphatic carbocycles. The number of aromatic nitrogens is 2. The van der Waals surface area contributed by atoms with Crippen molar-refractivity contribution >= 4 is 17.2 Å². The summed E-state index contributed by atoms with van der Waals surface area (Å²) in [6, 6.07) is 9.92. The van der Waals surface area contributed by atoms with E-state index in [0.29, 0.717) is 5.82 Å². The Bertz CT molecular complexity index is 732. The van der Waals surface area contributed by atoms with Crippen molar-refractivity contribution in [3.8, 4) is 28.1 Å². The van der Waals surface area contributed by atoms with Crippen molar-refractivity contribution in [2.75, 3.05) is 12.8 Å². The molecule has 0 amide bonds. The van der Waals surface area contributed by atoms with E-state index in [0.717, 1.165) is 28.1 Å². The molecule has 1 aromatic carbocycles. The van der Waals surface area contributed by atoms with Gasteiger partial charge in [-0.3, -0.25) is 4.68 Å². The van der Waals surface area contributed by atoms with Crippen molar-refractivity contribution < 1.29 is 4.74 Å². The third-order valence-electron chi connectivity index (χ3n) is 3.24. The number of aryl methyl sites for hydroxylation is 1. The summed E-state index contributed by atoms with van der Waals surface area (Å²) in [5, 5.41) is 8.65. The van der Waals surface area contributed by atoms with E-state index in [-0.39, 0.29) is 0 Å². The molecule has 0 saturated carbocycles. The predicted molar refractivity (Wildman–Crippen MR) is 82.9 cm³/mol. The largest absolute Gasteiger partial charge is 0.497 e. The highest BCUT2D eigenvalue weighted by Gasteiger charge is 2.17. The molecule has 0 saturated heterocycles. The zero-order valence-electron chi connectivity index (χ0n) is 11.3. The molecular formula is C15H15N3OS. The Balaban J connectivity index is 2.22. The van der Waals surface area contributed by atoms with Crippen LogP contribution in [0.5, 0.6) is 5.75 Å². The topological polar surface area (TPSA) is 53.1 Å². The Kier molecular flexibility index (Phi) is 3.20. The predicted octanol–water partition coefficient (Wildman–Crippen LogP) is 3.41. The van der Waals surface area contributed by atoms with Crippen LogP contribution in [-0.4, -0.2) is 16.9 Å². The molecule has 4 nitrogen and oxygen atoms in total. The maximum atomic E-state index is 6.20. The van der Waals surface area contributed by atoms with Crippen LogP contribution in [-0.2, 0) is 7.05 Å². The molecule has 102 valence electrons. The van der Waals surface area contributed by atoms with Crippen LogP contribution < -0.4 is 10.5 Å². The molecule has 0 spiro atoms. The fraction of sp³-hybridized carbons (Fsp3) is 0.133. The first-order chi connectivity index (χ1) is 9.70. The van der Waals surface area contributed by atoms with Gasteiger partial charge in [0.05, 0.1) is 12.7 Å². The van der Waals surface area contributed by atoms with Gasteiger partial charge in [0.1, 0.15) is 17.3 Å². The molecule has 3 aromatic rings. The van der Waals surface area contributed by atoms with Gasteiger partial charge in [0.25, 0.3) is 0 Å². The first-order valence-corrected chi connectivity index (χ1v) is 7.14. The highest BCUT2D eigenvalue weighted by atomic mass is 32.1. The van der Waals surface area contributed by atoms with Crippen molar-refractivity contribution in [2.45, 2.75) is 0 Å². The van der Waals surface area contributed by atoms with Crippen LogP contribution in [0.1, 0.15) is 0 Å². The lowest BCUT2D eigenvalue weighted by molar-refractivity contribution is 0.415. The number of hydrogen-bond acceptors (Lipinski definition) is 4. The molecule has 0 radical (unpaired) electrons. The van der Waals surface area contributed by atoms with Crippen LogP contribution in [0.25, 0.3) is 22.4 Å². The highest BCUT2D eigenvalue weighted by Crippen LogP contribution is 2.37. The van der Waals surface area contributed by atoms with Gasteiger partial charge in [-0.15, -0.1) is 0 Å². The van der Waals surface area contributed by atoms with Crippen LogP contribution in [0.3, 0.4) is 0 Å². The van der Waals surface area contributed by atoms with E-state index < -0.39 is 0 Å². The third kappa shape index (κ3) is 2.06. The van der Waals surface area contributed by atoms with Crippen molar-refractivity contribution in [1.82, 2.24) is 9.78 Å². The van der Waals surface area contributed by atoms with Gasteiger partial charge in [-0.2, -0.15) is 16.4 Å². The smallest absolute Gasteiger partial charge is 0.129 e. The van der Waals surface area contributed by atoms with E-state index in [4.69, 9.17) is 10.5 Å². The average Bonchev–Trinajstić information content (AvgIpc) is 3.08. The number of methoxy groups -OCH3 is 1. The van der Waals surface area contributed by atoms with Crippen molar-refractivity contribution in [2.24, 2.45) is 7.05 Å². The number of anilines is 1. The molecule has 2 heterocycles. The number of thiophene rings is 1. The van der Waals surface area contributed by atoms with Gasteiger partial charge in [-0.25, -0.2) is 0 Å². The summed E-state index contributed by atoms with van der Waals surface area (Å²) in [6.07, 6.45) is 0. The molecule has 3 rings (SSSR count). The second-order valence-electron chi connectivity index (χ2n) is 4.48. The average molecular weight is 285 g/mol. The fourth-order valence-electron chi connectivity index (χ4n) is 2.20. The summed E-state index contributed by atoms with van der Waals surface area (Å²) in [5.74, 6) is 1.46.